The lowest BCUT2D eigenvalue weighted by atomic mass is 9.96. The summed E-state index contributed by atoms with van der Waals surface area (Å²) in [7, 11) is 0. The van der Waals surface area contributed by atoms with E-state index in [0.717, 1.165) is 44.5 Å². The normalized spacial score (nSPS) is 11.4. The molecule has 4 nitrogen and oxygen atoms in total. The summed E-state index contributed by atoms with van der Waals surface area (Å²) in [4.78, 5) is 19.0. The van der Waals surface area contributed by atoms with Crippen molar-refractivity contribution in [3.63, 3.8) is 0 Å². The number of aryl methyl sites for hydroxylation is 1. The van der Waals surface area contributed by atoms with Crippen molar-refractivity contribution in [1.29, 1.82) is 0 Å². The molecular formula is C37H28N4. The molecule has 41 heavy (non-hydrogen) atoms. The lowest BCUT2D eigenvalue weighted by Gasteiger charge is -2.11. The number of nitrogens with zero attached hydrogens (tertiary/aromatic N) is 4. The maximum atomic E-state index is 4.86. The zero-order valence-electron chi connectivity index (χ0n) is 22.8. The Balaban J connectivity index is 1.39. The number of hydrogen-bond donors (Lipinski definition) is 0. The SMILES string of the molecule is C=C/C=C(\C=C)c1nc(-c2ccccc2)nc(-c2cccc(-c3ccc(-c4cccc5cc(C)ncc45)cc3)c2)n1. The van der Waals surface area contributed by atoms with Gasteiger partial charge in [0.05, 0.1) is 0 Å². The first-order valence-corrected chi connectivity index (χ1v) is 13.5. The zero-order valence-corrected chi connectivity index (χ0v) is 22.8. The summed E-state index contributed by atoms with van der Waals surface area (Å²) in [6.45, 7) is 9.79. The highest BCUT2D eigenvalue weighted by Gasteiger charge is 2.13. The third-order valence-electron chi connectivity index (χ3n) is 6.99. The Kier molecular flexibility index (Phi) is 7.12. The van der Waals surface area contributed by atoms with Gasteiger partial charge in [-0.3, -0.25) is 4.98 Å². The number of hydrogen-bond acceptors (Lipinski definition) is 4. The first-order chi connectivity index (χ1) is 20.1. The second-order valence-corrected chi connectivity index (χ2v) is 9.74. The van der Waals surface area contributed by atoms with E-state index in [1.54, 1.807) is 12.2 Å². The van der Waals surface area contributed by atoms with Gasteiger partial charge in [0.15, 0.2) is 17.5 Å². The molecule has 6 rings (SSSR count). The summed E-state index contributed by atoms with van der Waals surface area (Å²) >= 11 is 0. The lowest BCUT2D eigenvalue weighted by Crippen LogP contribution is -2.02. The van der Waals surface area contributed by atoms with Gasteiger partial charge in [0.2, 0.25) is 0 Å². The maximum absolute atomic E-state index is 4.86. The molecule has 0 saturated heterocycles. The molecule has 2 aromatic heterocycles. The van der Waals surface area contributed by atoms with Gasteiger partial charge in [-0.1, -0.05) is 122 Å². The second-order valence-electron chi connectivity index (χ2n) is 9.74. The van der Waals surface area contributed by atoms with E-state index in [4.69, 9.17) is 15.0 Å². The summed E-state index contributed by atoms with van der Waals surface area (Å²) in [6.07, 6.45) is 7.27. The Morgan fingerprint density at radius 3 is 2.07 bits per heavy atom. The topological polar surface area (TPSA) is 51.6 Å². The smallest absolute Gasteiger partial charge is 0.164 e. The minimum absolute atomic E-state index is 0.554. The molecule has 0 fully saturated rings. The molecule has 0 amide bonds. The lowest BCUT2D eigenvalue weighted by molar-refractivity contribution is 1.04. The van der Waals surface area contributed by atoms with Crippen LogP contribution in [-0.2, 0) is 0 Å². The molecule has 0 spiro atoms. The molecule has 0 radical (unpaired) electrons. The molecule has 2 heterocycles. The minimum atomic E-state index is 0.554. The summed E-state index contributed by atoms with van der Waals surface area (Å²) in [6, 6.07) is 35.4. The fourth-order valence-electron chi connectivity index (χ4n) is 4.92. The summed E-state index contributed by atoms with van der Waals surface area (Å²) in [5.74, 6) is 1.76. The predicted molar refractivity (Wildman–Crippen MR) is 170 cm³/mol. The number of benzene rings is 4. The van der Waals surface area contributed by atoms with Gasteiger partial charge in [0.1, 0.15) is 0 Å². The predicted octanol–water partition coefficient (Wildman–Crippen LogP) is 9.15. The van der Waals surface area contributed by atoms with Gasteiger partial charge in [-0.25, -0.2) is 15.0 Å². The van der Waals surface area contributed by atoms with Gasteiger partial charge < -0.3 is 0 Å². The molecule has 6 aromatic rings. The Morgan fingerprint density at radius 1 is 0.634 bits per heavy atom. The third kappa shape index (κ3) is 5.36. The van der Waals surface area contributed by atoms with E-state index >= 15 is 0 Å². The molecule has 0 unspecified atom stereocenters. The maximum Gasteiger partial charge on any atom is 0.164 e. The van der Waals surface area contributed by atoms with Gasteiger partial charge in [-0.05, 0) is 46.7 Å². The van der Waals surface area contributed by atoms with Crippen molar-refractivity contribution in [1.82, 2.24) is 19.9 Å². The molecule has 0 aliphatic carbocycles. The fourth-order valence-corrected chi connectivity index (χ4v) is 4.92. The monoisotopic (exact) mass is 528 g/mol. The van der Waals surface area contributed by atoms with E-state index in [2.05, 4.69) is 78.8 Å². The Morgan fingerprint density at radius 2 is 1.32 bits per heavy atom. The molecular weight excluding hydrogens is 500 g/mol. The number of pyridine rings is 1. The van der Waals surface area contributed by atoms with Crippen molar-refractivity contribution < 1.29 is 0 Å². The van der Waals surface area contributed by atoms with Crippen LogP contribution in [0.25, 0.3) is 61.4 Å². The molecule has 0 bridgehead atoms. The Hall–Kier alpha value is -5.48. The summed E-state index contributed by atoms with van der Waals surface area (Å²) < 4.78 is 0. The highest BCUT2D eigenvalue weighted by molar-refractivity contribution is 5.96. The average molecular weight is 529 g/mol. The number of fused-ring (bicyclic) bond motifs is 1. The van der Waals surface area contributed by atoms with E-state index in [9.17, 15) is 0 Å². The van der Waals surface area contributed by atoms with Crippen LogP contribution in [0.5, 0.6) is 0 Å². The number of rotatable bonds is 7. The molecule has 0 saturated carbocycles. The molecule has 0 atom stereocenters. The highest BCUT2D eigenvalue weighted by atomic mass is 15.0. The van der Waals surface area contributed by atoms with Crippen molar-refractivity contribution in [3.8, 4) is 45.0 Å². The Labute approximate surface area is 240 Å². The van der Waals surface area contributed by atoms with E-state index < -0.39 is 0 Å². The van der Waals surface area contributed by atoms with E-state index in [1.807, 2.05) is 61.7 Å². The van der Waals surface area contributed by atoms with Crippen LogP contribution in [0, 0.1) is 6.92 Å². The highest BCUT2D eigenvalue weighted by Crippen LogP contribution is 2.32. The molecule has 0 aliphatic heterocycles. The van der Waals surface area contributed by atoms with Gasteiger partial charge >= 0.3 is 0 Å². The average Bonchev–Trinajstić information content (AvgIpc) is 3.03. The quantitative estimate of drug-likeness (QED) is 0.194. The van der Waals surface area contributed by atoms with Crippen LogP contribution in [0.2, 0.25) is 0 Å². The van der Waals surface area contributed by atoms with Crippen LogP contribution >= 0.6 is 0 Å². The van der Waals surface area contributed by atoms with E-state index in [-0.39, 0.29) is 0 Å². The van der Waals surface area contributed by atoms with Crippen LogP contribution < -0.4 is 0 Å². The van der Waals surface area contributed by atoms with Crippen molar-refractivity contribution in [2.75, 3.05) is 0 Å². The molecule has 0 aliphatic rings. The molecule has 0 N–H and O–H groups in total. The first-order valence-electron chi connectivity index (χ1n) is 13.5. The third-order valence-corrected chi connectivity index (χ3v) is 6.99. The molecule has 4 heteroatoms. The second kappa shape index (κ2) is 11.3. The van der Waals surface area contributed by atoms with E-state index in [0.29, 0.717) is 17.5 Å². The first kappa shape index (κ1) is 25.8. The van der Waals surface area contributed by atoms with Crippen LogP contribution in [0.3, 0.4) is 0 Å². The van der Waals surface area contributed by atoms with Gasteiger partial charge in [0.25, 0.3) is 0 Å². The molecule has 196 valence electrons. The van der Waals surface area contributed by atoms with Crippen molar-refractivity contribution in [3.05, 3.63) is 152 Å². The van der Waals surface area contributed by atoms with Gasteiger partial charge in [-0.2, -0.15) is 0 Å². The number of aromatic nitrogens is 4. The Bertz CT molecular complexity index is 1920. The van der Waals surface area contributed by atoms with Crippen LogP contribution in [0.15, 0.2) is 141 Å². The van der Waals surface area contributed by atoms with Gasteiger partial charge in [-0.15, -0.1) is 0 Å². The summed E-state index contributed by atoms with van der Waals surface area (Å²) in [5.41, 5.74) is 8.15. The number of allylic oxidation sites excluding steroid dienone is 4. The zero-order chi connectivity index (χ0) is 28.2. The largest absolute Gasteiger partial charge is 0.261 e. The fraction of sp³-hybridized carbons (Fsp3) is 0.0270. The van der Waals surface area contributed by atoms with Crippen molar-refractivity contribution >= 4 is 16.3 Å². The van der Waals surface area contributed by atoms with Crippen LogP contribution in [-0.4, -0.2) is 19.9 Å². The van der Waals surface area contributed by atoms with Crippen LogP contribution in [0.4, 0.5) is 0 Å². The van der Waals surface area contributed by atoms with E-state index in [1.165, 1.54) is 10.9 Å². The minimum Gasteiger partial charge on any atom is -0.261 e. The standard InChI is InChI=1S/C37H28N4/c1-4-11-26(5-2)35-39-36(29-12-7-6-8-13-29)41-37(40-35)32-16-9-14-30(23-32)27-18-20-28(21-19-27)33-17-10-15-31-22-25(3)38-24-34(31)33/h4-24H,1-2H2,3H3/b26-11+. The van der Waals surface area contributed by atoms with Crippen LogP contribution in [0.1, 0.15) is 11.5 Å². The summed E-state index contributed by atoms with van der Waals surface area (Å²) in [5, 5.41) is 2.35. The van der Waals surface area contributed by atoms with Crippen molar-refractivity contribution in [2.24, 2.45) is 0 Å². The molecule has 4 aromatic carbocycles. The van der Waals surface area contributed by atoms with Crippen molar-refractivity contribution in [2.45, 2.75) is 6.92 Å². The van der Waals surface area contributed by atoms with Gasteiger partial charge in [0, 0.05) is 34.0 Å².